The monoisotopic (exact) mass is 439 g/mol. The van der Waals surface area contributed by atoms with Crippen LogP contribution in [0.3, 0.4) is 0 Å². The quantitative estimate of drug-likeness (QED) is 0.333. The summed E-state index contributed by atoms with van der Waals surface area (Å²) in [5.41, 5.74) is 1.83. The van der Waals surface area contributed by atoms with Crippen LogP contribution in [0.25, 0.3) is 0 Å². The van der Waals surface area contributed by atoms with Gasteiger partial charge in [-0.15, -0.1) is 13.2 Å². The number of hydrogen-bond acceptors (Lipinski definition) is 5. The summed E-state index contributed by atoms with van der Waals surface area (Å²) >= 11 is 0. The van der Waals surface area contributed by atoms with E-state index in [2.05, 4.69) is 9.89 Å². The normalized spacial score (nSPS) is 12.5. The van der Waals surface area contributed by atoms with Crippen LogP contribution in [0.15, 0.2) is 41.6 Å². The third kappa shape index (κ3) is 6.63. The first-order chi connectivity index (χ1) is 14.3. The minimum Gasteiger partial charge on any atom is -0.478 e. The molecule has 0 atom stereocenters. The largest absolute Gasteiger partial charge is 0.573 e. The molecule has 9 heteroatoms. The van der Waals surface area contributed by atoms with E-state index in [0.717, 1.165) is 28.8 Å². The van der Waals surface area contributed by atoms with E-state index in [1.54, 1.807) is 0 Å². The first kappa shape index (κ1) is 24.0. The van der Waals surface area contributed by atoms with Crippen LogP contribution in [0.2, 0.25) is 0 Å². The Hall–Kier alpha value is -3.23. The summed E-state index contributed by atoms with van der Waals surface area (Å²) in [6.45, 7) is 6.56. The Morgan fingerprint density at radius 1 is 1.03 bits per heavy atom. The SMILES string of the molecule is Cc1cc(CCC(=NO)c2ccc(OC(F)(F)F)cc2)cc(C)c1OC(C)(C)C(=O)O. The average molecular weight is 439 g/mol. The second-order valence-corrected chi connectivity index (χ2v) is 7.60. The Kier molecular flexibility index (Phi) is 7.20. The van der Waals surface area contributed by atoms with Gasteiger partial charge in [0.1, 0.15) is 11.5 Å². The van der Waals surface area contributed by atoms with Crippen molar-refractivity contribution < 1.29 is 37.8 Å². The van der Waals surface area contributed by atoms with Gasteiger partial charge < -0.3 is 19.8 Å². The van der Waals surface area contributed by atoms with Crippen molar-refractivity contribution in [2.45, 2.75) is 52.5 Å². The number of nitrogens with zero attached hydrogens (tertiary/aromatic N) is 1. The van der Waals surface area contributed by atoms with Crippen LogP contribution in [-0.4, -0.2) is 34.0 Å². The van der Waals surface area contributed by atoms with Crippen molar-refractivity contribution >= 4 is 11.7 Å². The molecule has 0 aliphatic rings. The standard InChI is InChI=1S/C22H24F3NO5/c1-13-11-15(12-14(2)19(13)31-21(3,4)20(27)28)5-10-18(26-29)16-6-8-17(9-7-16)30-22(23,24)25/h6-9,11-12,29H,5,10H2,1-4H3,(H,27,28). The predicted octanol–water partition coefficient (Wildman–Crippen LogP) is 5.26. The molecule has 0 heterocycles. The Balaban J connectivity index is 2.12. The van der Waals surface area contributed by atoms with Crippen LogP contribution in [0.1, 0.15) is 42.5 Å². The Labute approximate surface area is 177 Å². The van der Waals surface area contributed by atoms with Gasteiger partial charge in [-0.05, 0) is 87.1 Å². The van der Waals surface area contributed by atoms with E-state index in [4.69, 9.17) is 4.74 Å². The van der Waals surface area contributed by atoms with Gasteiger partial charge in [-0.25, -0.2) is 4.79 Å². The third-order valence-corrected chi connectivity index (χ3v) is 4.58. The number of alkyl halides is 3. The molecule has 0 saturated carbocycles. The first-order valence-corrected chi connectivity index (χ1v) is 9.42. The molecule has 0 fully saturated rings. The number of aliphatic carboxylic acids is 1. The molecule has 0 aliphatic heterocycles. The van der Waals surface area contributed by atoms with Crippen molar-refractivity contribution in [1.29, 1.82) is 0 Å². The number of ether oxygens (including phenoxy) is 2. The molecule has 168 valence electrons. The van der Waals surface area contributed by atoms with Crippen LogP contribution in [0.5, 0.6) is 11.5 Å². The van der Waals surface area contributed by atoms with Gasteiger partial charge in [-0.1, -0.05) is 17.3 Å². The number of rotatable bonds is 8. The molecule has 31 heavy (non-hydrogen) atoms. The lowest BCUT2D eigenvalue weighted by Gasteiger charge is -2.24. The fourth-order valence-electron chi connectivity index (χ4n) is 3.01. The van der Waals surface area contributed by atoms with E-state index in [1.165, 1.54) is 26.0 Å². The Morgan fingerprint density at radius 2 is 1.58 bits per heavy atom. The van der Waals surface area contributed by atoms with E-state index in [9.17, 15) is 28.3 Å². The predicted molar refractivity (Wildman–Crippen MR) is 108 cm³/mol. The minimum atomic E-state index is -4.78. The van der Waals surface area contributed by atoms with Gasteiger partial charge in [-0.2, -0.15) is 0 Å². The van der Waals surface area contributed by atoms with Gasteiger partial charge in [-0.3, -0.25) is 0 Å². The zero-order valence-electron chi connectivity index (χ0n) is 17.6. The summed E-state index contributed by atoms with van der Waals surface area (Å²) in [6.07, 6.45) is -3.96. The first-order valence-electron chi connectivity index (χ1n) is 9.42. The van der Waals surface area contributed by atoms with Crippen molar-refractivity contribution in [3.8, 4) is 11.5 Å². The van der Waals surface area contributed by atoms with Crippen LogP contribution >= 0.6 is 0 Å². The highest BCUT2D eigenvalue weighted by molar-refractivity contribution is 6.00. The van der Waals surface area contributed by atoms with E-state index >= 15 is 0 Å². The molecule has 6 nitrogen and oxygen atoms in total. The smallest absolute Gasteiger partial charge is 0.478 e. The molecule has 0 saturated heterocycles. The van der Waals surface area contributed by atoms with E-state index < -0.39 is 17.9 Å². The number of aryl methyl sites for hydroxylation is 3. The molecule has 0 radical (unpaired) electrons. The van der Waals surface area contributed by atoms with Crippen molar-refractivity contribution in [2.75, 3.05) is 0 Å². The van der Waals surface area contributed by atoms with Gasteiger partial charge in [0.2, 0.25) is 0 Å². The molecule has 0 spiro atoms. The number of carboxylic acids is 1. The minimum absolute atomic E-state index is 0.307. The van der Waals surface area contributed by atoms with Crippen molar-refractivity contribution in [3.63, 3.8) is 0 Å². The lowest BCUT2D eigenvalue weighted by Crippen LogP contribution is -2.38. The molecule has 0 bridgehead atoms. The highest BCUT2D eigenvalue weighted by Gasteiger charge is 2.31. The summed E-state index contributed by atoms with van der Waals surface area (Å²) in [4.78, 5) is 11.3. The highest BCUT2D eigenvalue weighted by Crippen LogP contribution is 2.29. The van der Waals surface area contributed by atoms with Gasteiger partial charge in [0.15, 0.2) is 5.60 Å². The van der Waals surface area contributed by atoms with Crippen LogP contribution in [0, 0.1) is 13.8 Å². The van der Waals surface area contributed by atoms with Gasteiger partial charge >= 0.3 is 12.3 Å². The summed E-state index contributed by atoms with van der Waals surface area (Å²) in [7, 11) is 0. The van der Waals surface area contributed by atoms with Gasteiger partial charge in [0.25, 0.3) is 0 Å². The number of halogens is 3. The fourth-order valence-corrected chi connectivity index (χ4v) is 3.01. The van der Waals surface area contributed by atoms with Gasteiger partial charge in [0, 0.05) is 0 Å². The van der Waals surface area contributed by atoms with Crippen molar-refractivity contribution in [1.82, 2.24) is 0 Å². The van der Waals surface area contributed by atoms with E-state index in [-0.39, 0.29) is 5.75 Å². The second-order valence-electron chi connectivity index (χ2n) is 7.60. The van der Waals surface area contributed by atoms with Crippen LogP contribution < -0.4 is 9.47 Å². The Morgan fingerprint density at radius 3 is 2.03 bits per heavy atom. The molecule has 2 N–H and O–H groups in total. The van der Waals surface area contributed by atoms with Crippen LogP contribution in [0.4, 0.5) is 13.2 Å². The summed E-state index contributed by atoms with van der Waals surface area (Å²) < 4.78 is 46.3. The number of carboxylic acid groups (broad SMARTS) is 1. The lowest BCUT2D eigenvalue weighted by molar-refractivity contribution is -0.274. The zero-order valence-corrected chi connectivity index (χ0v) is 17.6. The molecule has 0 unspecified atom stereocenters. The molecule has 2 rings (SSSR count). The molecular weight excluding hydrogens is 415 g/mol. The topological polar surface area (TPSA) is 88.4 Å². The maximum atomic E-state index is 12.3. The number of benzene rings is 2. The number of carbonyl (C=O) groups is 1. The summed E-state index contributed by atoms with van der Waals surface area (Å²) in [5, 5.41) is 21.9. The lowest BCUT2D eigenvalue weighted by atomic mass is 9.98. The maximum absolute atomic E-state index is 12.3. The fraction of sp³-hybridized carbons (Fsp3) is 0.364. The molecule has 0 aliphatic carbocycles. The third-order valence-electron chi connectivity index (χ3n) is 4.58. The van der Waals surface area contributed by atoms with E-state index in [1.807, 2.05) is 26.0 Å². The highest BCUT2D eigenvalue weighted by atomic mass is 19.4. The molecule has 0 amide bonds. The number of oxime groups is 1. The van der Waals surface area contributed by atoms with Crippen LogP contribution in [-0.2, 0) is 11.2 Å². The molecule has 2 aromatic rings. The zero-order chi connectivity index (χ0) is 23.4. The molecule has 2 aromatic carbocycles. The van der Waals surface area contributed by atoms with Crippen molar-refractivity contribution in [2.24, 2.45) is 5.16 Å². The molecule has 0 aromatic heterocycles. The number of hydrogen-bond donors (Lipinski definition) is 2. The van der Waals surface area contributed by atoms with Gasteiger partial charge in [0.05, 0.1) is 5.71 Å². The Bertz CT molecular complexity index is 943. The summed E-state index contributed by atoms with van der Waals surface area (Å²) in [6, 6.07) is 8.79. The van der Waals surface area contributed by atoms with Crippen molar-refractivity contribution in [3.05, 3.63) is 58.7 Å². The van der Waals surface area contributed by atoms with E-state index in [0.29, 0.717) is 29.9 Å². The maximum Gasteiger partial charge on any atom is 0.573 e. The molecular formula is C22H24F3NO5. The second kappa shape index (κ2) is 9.28. The average Bonchev–Trinajstić information content (AvgIpc) is 2.65. The summed E-state index contributed by atoms with van der Waals surface area (Å²) in [5.74, 6) is -0.946.